The molecule has 0 spiro atoms. The lowest BCUT2D eigenvalue weighted by atomic mass is 10.2. The number of nitrogens with one attached hydrogen (secondary N) is 2. The van der Waals surface area contributed by atoms with Crippen LogP contribution in [0, 0.1) is 0 Å². The highest BCUT2D eigenvalue weighted by molar-refractivity contribution is 7.15. The summed E-state index contributed by atoms with van der Waals surface area (Å²) in [5.41, 5.74) is 1.16. The highest BCUT2D eigenvalue weighted by Crippen LogP contribution is 2.18. The maximum absolute atomic E-state index is 12.5. The number of aryl methyl sites for hydroxylation is 1. The number of hydrogen-bond acceptors (Lipinski definition) is 6. The van der Waals surface area contributed by atoms with E-state index in [1.165, 1.54) is 11.3 Å². The molecule has 9 heteroatoms. The number of urea groups is 1. The molecule has 1 aromatic carbocycles. The normalized spacial score (nSPS) is 15.1. The van der Waals surface area contributed by atoms with Crippen molar-refractivity contribution in [1.29, 1.82) is 0 Å². The standard InChI is InChI=1S/C20H28N6O2S/c1-3-4-10-17-23-24-19(29-17)22-18(27)15(2)21-20(28)26-13-11-25(12-14-26)16-8-6-5-7-9-16/h5-9,15H,3-4,10-14H2,1-2H3,(H,21,28)(H,22,24,27)/t15-/m0/s1. The Hall–Kier alpha value is -2.68. The second-order valence-electron chi connectivity index (χ2n) is 7.07. The van der Waals surface area contributed by atoms with Crippen LogP contribution in [0.1, 0.15) is 31.7 Å². The van der Waals surface area contributed by atoms with Crippen LogP contribution in [-0.4, -0.2) is 59.3 Å². The first kappa shape index (κ1) is 21.0. The maximum atomic E-state index is 12.5. The van der Waals surface area contributed by atoms with Crippen LogP contribution in [0.25, 0.3) is 0 Å². The summed E-state index contributed by atoms with van der Waals surface area (Å²) in [5, 5.41) is 15.0. The number of amides is 3. The van der Waals surface area contributed by atoms with E-state index in [9.17, 15) is 9.59 Å². The van der Waals surface area contributed by atoms with Gasteiger partial charge in [-0.1, -0.05) is 42.9 Å². The zero-order valence-electron chi connectivity index (χ0n) is 16.9. The molecule has 0 unspecified atom stereocenters. The summed E-state index contributed by atoms with van der Waals surface area (Å²) in [5.74, 6) is -0.292. The van der Waals surface area contributed by atoms with Gasteiger partial charge in [0, 0.05) is 38.3 Å². The van der Waals surface area contributed by atoms with E-state index in [-0.39, 0.29) is 11.9 Å². The molecule has 1 saturated heterocycles. The van der Waals surface area contributed by atoms with Gasteiger partial charge >= 0.3 is 6.03 Å². The quantitative estimate of drug-likeness (QED) is 0.724. The highest BCUT2D eigenvalue weighted by Gasteiger charge is 2.24. The summed E-state index contributed by atoms with van der Waals surface area (Å²) >= 11 is 1.38. The number of unbranched alkanes of at least 4 members (excludes halogenated alkanes) is 1. The van der Waals surface area contributed by atoms with E-state index in [2.05, 4.69) is 44.8 Å². The molecule has 1 fully saturated rings. The van der Waals surface area contributed by atoms with E-state index in [4.69, 9.17) is 0 Å². The third-order valence-corrected chi connectivity index (χ3v) is 5.76. The zero-order valence-corrected chi connectivity index (χ0v) is 17.7. The Balaban J connectivity index is 1.44. The average Bonchev–Trinajstić information content (AvgIpc) is 3.20. The lowest BCUT2D eigenvalue weighted by Crippen LogP contribution is -2.54. The van der Waals surface area contributed by atoms with Gasteiger partial charge in [-0.3, -0.25) is 10.1 Å². The molecule has 8 nitrogen and oxygen atoms in total. The Morgan fingerprint density at radius 2 is 1.86 bits per heavy atom. The predicted molar refractivity (Wildman–Crippen MR) is 115 cm³/mol. The number of hydrogen-bond donors (Lipinski definition) is 2. The van der Waals surface area contributed by atoms with Crippen LogP contribution in [0.4, 0.5) is 15.6 Å². The fraction of sp³-hybridized carbons (Fsp3) is 0.500. The van der Waals surface area contributed by atoms with Crippen molar-refractivity contribution in [1.82, 2.24) is 20.4 Å². The van der Waals surface area contributed by atoms with Crippen LogP contribution in [0.2, 0.25) is 0 Å². The van der Waals surface area contributed by atoms with Gasteiger partial charge in [-0.25, -0.2) is 4.79 Å². The molecule has 2 heterocycles. The van der Waals surface area contributed by atoms with E-state index < -0.39 is 6.04 Å². The average molecular weight is 417 g/mol. The van der Waals surface area contributed by atoms with Gasteiger partial charge in [-0.05, 0) is 25.5 Å². The minimum Gasteiger partial charge on any atom is -0.368 e. The number of anilines is 2. The molecule has 0 aliphatic carbocycles. The van der Waals surface area contributed by atoms with Gasteiger partial charge in [-0.15, -0.1) is 10.2 Å². The molecule has 1 aromatic heterocycles. The first-order valence-corrected chi connectivity index (χ1v) is 10.9. The molecule has 3 amide bonds. The molecule has 2 N–H and O–H groups in total. The van der Waals surface area contributed by atoms with Crippen LogP contribution in [0.3, 0.4) is 0 Å². The monoisotopic (exact) mass is 416 g/mol. The van der Waals surface area contributed by atoms with Crippen molar-refractivity contribution in [3.63, 3.8) is 0 Å². The minimum atomic E-state index is -0.655. The van der Waals surface area contributed by atoms with Gasteiger partial charge in [0.25, 0.3) is 0 Å². The second kappa shape index (κ2) is 10.2. The van der Waals surface area contributed by atoms with Gasteiger partial charge in [0.1, 0.15) is 11.0 Å². The Morgan fingerprint density at radius 3 is 2.55 bits per heavy atom. The van der Waals surface area contributed by atoms with E-state index >= 15 is 0 Å². The Labute approximate surface area is 175 Å². The lowest BCUT2D eigenvalue weighted by Gasteiger charge is -2.36. The van der Waals surface area contributed by atoms with E-state index in [0.29, 0.717) is 18.2 Å². The Kier molecular flexibility index (Phi) is 7.40. The minimum absolute atomic E-state index is 0.221. The SMILES string of the molecule is CCCCc1nnc(NC(=O)[C@H](C)NC(=O)N2CCN(c3ccccc3)CC2)s1. The fourth-order valence-corrected chi connectivity index (χ4v) is 3.88. The number of carbonyl (C=O) groups is 2. The molecule has 29 heavy (non-hydrogen) atoms. The summed E-state index contributed by atoms with van der Waals surface area (Å²) in [4.78, 5) is 28.9. The number of benzene rings is 1. The number of nitrogens with zero attached hydrogens (tertiary/aromatic N) is 4. The summed E-state index contributed by atoms with van der Waals surface area (Å²) in [7, 11) is 0. The third kappa shape index (κ3) is 5.90. The topological polar surface area (TPSA) is 90.5 Å². The van der Waals surface area contributed by atoms with Crippen molar-refractivity contribution in [2.45, 2.75) is 39.2 Å². The molecule has 0 bridgehead atoms. The van der Waals surface area contributed by atoms with E-state index in [1.807, 2.05) is 18.2 Å². The van der Waals surface area contributed by atoms with Crippen molar-refractivity contribution in [2.75, 3.05) is 36.4 Å². The predicted octanol–water partition coefficient (Wildman–Crippen LogP) is 2.74. The van der Waals surface area contributed by atoms with Crippen LogP contribution in [0.15, 0.2) is 30.3 Å². The molecule has 3 rings (SSSR count). The Bertz CT molecular complexity index is 804. The summed E-state index contributed by atoms with van der Waals surface area (Å²) in [6, 6.07) is 9.29. The Morgan fingerprint density at radius 1 is 1.14 bits per heavy atom. The van der Waals surface area contributed by atoms with Crippen LogP contribution >= 0.6 is 11.3 Å². The van der Waals surface area contributed by atoms with Gasteiger partial charge in [-0.2, -0.15) is 0 Å². The molecule has 1 atom stereocenters. The molecule has 2 aromatic rings. The summed E-state index contributed by atoms with van der Waals surface area (Å²) in [6.45, 7) is 6.56. The number of carbonyl (C=O) groups excluding carboxylic acids is 2. The van der Waals surface area contributed by atoms with Crippen molar-refractivity contribution in [3.8, 4) is 0 Å². The number of aromatic nitrogens is 2. The molecular formula is C20H28N6O2S. The van der Waals surface area contributed by atoms with E-state index in [0.717, 1.165) is 43.0 Å². The molecule has 156 valence electrons. The van der Waals surface area contributed by atoms with Crippen LogP contribution in [0.5, 0.6) is 0 Å². The fourth-order valence-electron chi connectivity index (χ4n) is 3.10. The smallest absolute Gasteiger partial charge is 0.318 e. The van der Waals surface area contributed by atoms with Crippen LogP contribution in [-0.2, 0) is 11.2 Å². The number of piperazine rings is 1. The second-order valence-corrected chi connectivity index (χ2v) is 8.14. The first-order chi connectivity index (χ1) is 14.1. The zero-order chi connectivity index (χ0) is 20.6. The van der Waals surface area contributed by atoms with Gasteiger partial charge in [0.05, 0.1) is 0 Å². The number of para-hydroxylation sites is 1. The molecule has 1 aliphatic rings. The van der Waals surface area contributed by atoms with Gasteiger partial charge < -0.3 is 15.1 Å². The molecular weight excluding hydrogens is 388 g/mol. The summed E-state index contributed by atoms with van der Waals surface area (Å²) < 4.78 is 0. The van der Waals surface area contributed by atoms with Gasteiger partial charge in [0.2, 0.25) is 11.0 Å². The summed E-state index contributed by atoms with van der Waals surface area (Å²) in [6.07, 6.45) is 3.00. The van der Waals surface area contributed by atoms with E-state index in [1.54, 1.807) is 11.8 Å². The first-order valence-electron chi connectivity index (χ1n) is 10.1. The third-order valence-electron chi connectivity index (χ3n) is 4.86. The molecule has 1 aliphatic heterocycles. The van der Waals surface area contributed by atoms with Crippen molar-refractivity contribution >= 4 is 34.1 Å². The maximum Gasteiger partial charge on any atom is 0.318 e. The highest BCUT2D eigenvalue weighted by atomic mass is 32.1. The lowest BCUT2D eigenvalue weighted by molar-refractivity contribution is -0.117. The van der Waals surface area contributed by atoms with Gasteiger partial charge in [0.15, 0.2) is 0 Å². The molecule has 0 saturated carbocycles. The largest absolute Gasteiger partial charge is 0.368 e. The van der Waals surface area contributed by atoms with Crippen molar-refractivity contribution < 1.29 is 9.59 Å². The van der Waals surface area contributed by atoms with Crippen molar-refractivity contribution in [2.24, 2.45) is 0 Å². The molecule has 0 radical (unpaired) electrons. The number of rotatable bonds is 7. The van der Waals surface area contributed by atoms with Crippen molar-refractivity contribution in [3.05, 3.63) is 35.3 Å². The van der Waals surface area contributed by atoms with Crippen LogP contribution < -0.4 is 15.5 Å².